The molecule has 0 bridgehead atoms. The van der Waals surface area contributed by atoms with Crippen LogP contribution in [0.25, 0.3) is 4.85 Å². The molecule has 0 unspecified atom stereocenters. The van der Waals surface area contributed by atoms with Crippen LogP contribution in [0.2, 0.25) is 0 Å². The van der Waals surface area contributed by atoms with E-state index in [-0.39, 0.29) is 0 Å². The number of alkyl halides is 1. The number of aromatic nitrogens is 1. The van der Waals surface area contributed by atoms with E-state index in [0.29, 0.717) is 11.6 Å². The summed E-state index contributed by atoms with van der Waals surface area (Å²) >= 11 is 5.55. The van der Waals surface area contributed by atoms with Crippen LogP contribution in [-0.2, 0) is 5.88 Å². The van der Waals surface area contributed by atoms with E-state index in [2.05, 4.69) is 9.83 Å². The van der Waals surface area contributed by atoms with E-state index in [4.69, 9.17) is 18.2 Å². The highest BCUT2D eigenvalue weighted by Crippen LogP contribution is 2.16. The average molecular weight is 167 g/mol. The molecule has 0 saturated carbocycles. The second kappa shape index (κ2) is 3.36. The summed E-state index contributed by atoms with van der Waals surface area (Å²) in [5.41, 5.74) is 2.16. The Labute approximate surface area is 70.7 Å². The van der Waals surface area contributed by atoms with Crippen molar-refractivity contribution in [2.75, 3.05) is 0 Å². The van der Waals surface area contributed by atoms with Crippen LogP contribution in [0.15, 0.2) is 12.1 Å². The SMILES string of the molecule is [C-]#[N+]c1ccc(CCl)nc1C. The largest absolute Gasteiger partial charge is 0.268 e. The van der Waals surface area contributed by atoms with Gasteiger partial charge in [-0.15, -0.1) is 11.6 Å². The van der Waals surface area contributed by atoms with Crippen LogP contribution in [0.1, 0.15) is 11.4 Å². The van der Waals surface area contributed by atoms with Gasteiger partial charge in [0, 0.05) is 5.69 Å². The number of aryl methyl sites for hydroxylation is 1. The molecule has 0 N–H and O–H groups in total. The van der Waals surface area contributed by atoms with E-state index in [0.717, 1.165) is 11.4 Å². The molecule has 0 aliphatic heterocycles. The molecule has 11 heavy (non-hydrogen) atoms. The molecular formula is C8H7ClN2. The number of pyridine rings is 1. The predicted octanol–water partition coefficient (Wildman–Crippen LogP) is 2.68. The summed E-state index contributed by atoms with van der Waals surface area (Å²) in [6.45, 7) is 8.57. The Balaban J connectivity index is 3.12. The van der Waals surface area contributed by atoms with Crippen molar-refractivity contribution in [2.45, 2.75) is 12.8 Å². The molecule has 0 aliphatic rings. The minimum atomic E-state index is 0.402. The lowest BCUT2D eigenvalue weighted by molar-refractivity contribution is 1.11. The first kappa shape index (κ1) is 8.03. The van der Waals surface area contributed by atoms with Crippen molar-refractivity contribution < 1.29 is 0 Å². The van der Waals surface area contributed by atoms with E-state index < -0.39 is 0 Å². The van der Waals surface area contributed by atoms with Crippen LogP contribution in [0.4, 0.5) is 5.69 Å². The normalized spacial score (nSPS) is 9.18. The molecule has 2 nitrogen and oxygen atoms in total. The molecule has 1 heterocycles. The maximum atomic E-state index is 6.76. The average Bonchev–Trinajstić information content (AvgIpc) is 2.04. The van der Waals surface area contributed by atoms with Gasteiger partial charge in [-0.1, -0.05) is 6.07 Å². The molecule has 0 aromatic carbocycles. The zero-order valence-electron chi connectivity index (χ0n) is 6.13. The van der Waals surface area contributed by atoms with Gasteiger partial charge in [0.2, 0.25) is 5.69 Å². The van der Waals surface area contributed by atoms with Crippen molar-refractivity contribution in [2.24, 2.45) is 0 Å². The fraction of sp³-hybridized carbons (Fsp3) is 0.250. The number of rotatable bonds is 1. The molecule has 0 radical (unpaired) electrons. The standard InChI is InChI=1S/C8H7ClN2/c1-6-8(10-2)4-3-7(5-9)11-6/h3-4H,5H2,1H3. The summed E-state index contributed by atoms with van der Waals surface area (Å²) in [5.74, 6) is 0.402. The van der Waals surface area contributed by atoms with E-state index >= 15 is 0 Å². The third-order valence-corrected chi connectivity index (χ3v) is 1.65. The smallest absolute Gasteiger partial charge is 0.208 e. The Morgan fingerprint density at radius 1 is 1.64 bits per heavy atom. The van der Waals surface area contributed by atoms with E-state index in [1.165, 1.54) is 0 Å². The minimum Gasteiger partial charge on any atom is -0.268 e. The van der Waals surface area contributed by atoms with E-state index in [9.17, 15) is 0 Å². The molecule has 0 amide bonds. The third-order valence-electron chi connectivity index (χ3n) is 1.37. The van der Waals surface area contributed by atoms with Gasteiger partial charge in [-0.25, -0.2) is 4.85 Å². The molecule has 0 saturated heterocycles. The molecule has 56 valence electrons. The first-order valence-electron chi connectivity index (χ1n) is 3.18. The van der Waals surface area contributed by atoms with Crippen molar-refractivity contribution in [3.05, 3.63) is 34.9 Å². The first-order valence-corrected chi connectivity index (χ1v) is 3.71. The van der Waals surface area contributed by atoms with E-state index in [1.54, 1.807) is 12.1 Å². The fourth-order valence-corrected chi connectivity index (χ4v) is 0.947. The van der Waals surface area contributed by atoms with Gasteiger partial charge in [-0.05, 0) is 13.0 Å². The molecule has 1 aromatic rings. The van der Waals surface area contributed by atoms with Crippen LogP contribution in [0, 0.1) is 13.5 Å². The summed E-state index contributed by atoms with van der Waals surface area (Å²) in [4.78, 5) is 7.41. The Bertz CT molecular complexity index is 301. The van der Waals surface area contributed by atoms with Crippen LogP contribution in [0.3, 0.4) is 0 Å². The van der Waals surface area contributed by atoms with Gasteiger partial charge in [0.1, 0.15) is 0 Å². The number of halogens is 1. The maximum Gasteiger partial charge on any atom is 0.208 e. The zero-order chi connectivity index (χ0) is 8.27. The summed E-state index contributed by atoms with van der Waals surface area (Å²) in [6, 6.07) is 3.51. The first-order chi connectivity index (χ1) is 5.27. The topological polar surface area (TPSA) is 17.2 Å². The summed E-state index contributed by atoms with van der Waals surface area (Å²) < 4.78 is 0. The predicted molar refractivity (Wildman–Crippen MR) is 44.8 cm³/mol. The molecule has 3 heteroatoms. The fourth-order valence-electron chi connectivity index (χ4n) is 0.798. The van der Waals surface area contributed by atoms with Gasteiger partial charge >= 0.3 is 0 Å². The van der Waals surface area contributed by atoms with E-state index in [1.807, 2.05) is 6.92 Å². The van der Waals surface area contributed by atoms with Gasteiger partial charge in [0.15, 0.2) is 0 Å². The monoisotopic (exact) mass is 166 g/mol. The van der Waals surface area contributed by atoms with Crippen molar-refractivity contribution >= 4 is 17.3 Å². The highest BCUT2D eigenvalue weighted by Gasteiger charge is 1.98. The second-order valence-corrected chi connectivity index (χ2v) is 2.42. The zero-order valence-corrected chi connectivity index (χ0v) is 6.89. The molecule has 0 fully saturated rings. The highest BCUT2D eigenvalue weighted by atomic mass is 35.5. The Morgan fingerprint density at radius 2 is 2.36 bits per heavy atom. The van der Waals surface area contributed by atoms with Crippen LogP contribution < -0.4 is 0 Å². The highest BCUT2D eigenvalue weighted by molar-refractivity contribution is 6.16. The molecule has 1 rings (SSSR count). The van der Waals surface area contributed by atoms with Crippen molar-refractivity contribution in [3.63, 3.8) is 0 Å². The lowest BCUT2D eigenvalue weighted by Gasteiger charge is -1.97. The Hall–Kier alpha value is -1.07. The summed E-state index contributed by atoms with van der Waals surface area (Å²) in [7, 11) is 0. The number of nitrogens with zero attached hydrogens (tertiary/aromatic N) is 2. The van der Waals surface area contributed by atoms with Crippen LogP contribution in [0.5, 0.6) is 0 Å². The van der Waals surface area contributed by atoms with Crippen LogP contribution in [-0.4, -0.2) is 4.98 Å². The van der Waals surface area contributed by atoms with Gasteiger partial charge in [0.05, 0.1) is 18.1 Å². The summed E-state index contributed by atoms with van der Waals surface area (Å²) in [6.07, 6.45) is 0. The van der Waals surface area contributed by atoms with Gasteiger partial charge in [-0.2, -0.15) is 0 Å². The summed E-state index contributed by atoms with van der Waals surface area (Å²) in [5, 5.41) is 0. The van der Waals surface area contributed by atoms with Crippen molar-refractivity contribution in [1.82, 2.24) is 4.98 Å². The van der Waals surface area contributed by atoms with Crippen LogP contribution >= 0.6 is 11.6 Å². The molecule has 0 spiro atoms. The molecule has 0 atom stereocenters. The van der Waals surface area contributed by atoms with Gasteiger partial charge < -0.3 is 0 Å². The Kier molecular flexibility index (Phi) is 2.45. The van der Waals surface area contributed by atoms with Crippen molar-refractivity contribution in [1.29, 1.82) is 0 Å². The lowest BCUT2D eigenvalue weighted by Crippen LogP contribution is -1.87. The van der Waals surface area contributed by atoms with Crippen molar-refractivity contribution in [3.8, 4) is 0 Å². The number of hydrogen-bond donors (Lipinski definition) is 0. The lowest BCUT2D eigenvalue weighted by atomic mass is 10.3. The molecule has 1 aromatic heterocycles. The minimum absolute atomic E-state index is 0.402. The quantitative estimate of drug-likeness (QED) is 0.463. The second-order valence-electron chi connectivity index (χ2n) is 2.15. The third kappa shape index (κ3) is 1.69. The maximum absolute atomic E-state index is 6.76. The molecule has 0 aliphatic carbocycles. The van der Waals surface area contributed by atoms with Gasteiger partial charge in [0.25, 0.3) is 0 Å². The van der Waals surface area contributed by atoms with Gasteiger partial charge in [-0.3, -0.25) is 4.98 Å². The molecular weight excluding hydrogens is 160 g/mol. The Morgan fingerprint density at radius 3 is 2.82 bits per heavy atom. The number of hydrogen-bond acceptors (Lipinski definition) is 1.